The standard InChI is InChI=1S/C13H17NO2/c1-3-4-5-6-14-12(15)10-7-9(2)8-11(10)13(14)16/h9-11H,5-8H2,1-2H3. The Bertz CT molecular complexity index is 353. The number of hydrogen-bond donors (Lipinski definition) is 0. The highest BCUT2D eigenvalue weighted by atomic mass is 16.2. The van der Waals surface area contributed by atoms with Crippen LogP contribution in [0.1, 0.15) is 33.1 Å². The summed E-state index contributed by atoms with van der Waals surface area (Å²) in [6.07, 6.45) is 2.36. The van der Waals surface area contributed by atoms with Crippen LogP contribution in [0.3, 0.4) is 0 Å². The molecule has 0 spiro atoms. The number of rotatable bonds is 2. The van der Waals surface area contributed by atoms with Crippen LogP contribution in [-0.4, -0.2) is 23.3 Å². The van der Waals surface area contributed by atoms with E-state index in [-0.39, 0.29) is 23.7 Å². The van der Waals surface area contributed by atoms with Gasteiger partial charge in [0.2, 0.25) is 11.8 Å². The van der Waals surface area contributed by atoms with E-state index < -0.39 is 0 Å². The van der Waals surface area contributed by atoms with Gasteiger partial charge < -0.3 is 0 Å². The molecule has 2 rings (SSSR count). The summed E-state index contributed by atoms with van der Waals surface area (Å²) in [7, 11) is 0. The van der Waals surface area contributed by atoms with E-state index in [1.165, 1.54) is 4.90 Å². The number of fused-ring (bicyclic) bond motifs is 1. The van der Waals surface area contributed by atoms with Crippen molar-refractivity contribution in [2.45, 2.75) is 33.1 Å². The Balaban J connectivity index is 2.04. The zero-order chi connectivity index (χ0) is 11.7. The van der Waals surface area contributed by atoms with Gasteiger partial charge >= 0.3 is 0 Å². The Morgan fingerprint density at radius 1 is 1.25 bits per heavy atom. The normalized spacial score (nSPS) is 32.6. The molecule has 2 amide bonds. The number of hydrogen-bond acceptors (Lipinski definition) is 2. The highest BCUT2D eigenvalue weighted by Gasteiger charge is 2.51. The molecule has 0 bridgehead atoms. The van der Waals surface area contributed by atoms with E-state index in [0.29, 0.717) is 18.9 Å². The number of likely N-dealkylation sites (tertiary alicyclic amines) is 1. The van der Waals surface area contributed by atoms with Gasteiger partial charge in [-0.05, 0) is 25.7 Å². The molecule has 2 atom stereocenters. The first kappa shape index (κ1) is 11.2. The quantitative estimate of drug-likeness (QED) is 0.520. The number of imide groups is 1. The lowest BCUT2D eigenvalue weighted by atomic mass is 10.00. The average molecular weight is 219 g/mol. The van der Waals surface area contributed by atoms with Crippen molar-refractivity contribution in [3.05, 3.63) is 0 Å². The number of nitrogens with zero attached hydrogens (tertiary/aromatic N) is 1. The summed E-state index contributed by atoms with van der Waals surface area (Å²) < 4.78 is 0. The zero-order valence-corrected chi connectivity index (χ0v) is 9.82. The van der Waals surface area contributed by atoms with Gasteiger partial charge in [-0.3, -0.25) is 14.5 Å². The molecule has 3 heteroatoms. The van der Waals surface area contributed by atoms with Gasteiger partial charge in [0, 0.05) is 13.0 Å². The Morgan fingerprint density at radius 3 is 2.31 bits per heavy atom. The van der Waals surface area contributed by atoms with Crippen LogP contribution in [0.4, 0.5) is 0 Å². The predicted octanol–water partition coefficient (Wildman–Crippen LogP) is 1.43. The number of amides is 2. The summed E-state index contributed by atoms with van der Waals surface area (Å²) >= 11 is 0. The number of carbonyl (C=O) groups excluding carboxylic acids is 2. The minimum Gasteiger partial charge on any atom is -0.281 e. The van der Waals surface area contributed by atoms with Gasteiger partial charge in [-0.25, -0.2) is 0 Å². The lowest BCUT2D eigenvalue weighted by Crippen LogP contribution is -2.32. The lowest BCUT2D eigenvalue weighted by Gasteiger charge is -2.15. The molecule has 0 radical (unpaired) electrons. The number of carbonyl (C=O) groups is 2. The minimum absolute atomic E-state index is 0.0305. The molecule has 1 saturated heterocycles. The van der Waals surface area contributed by atoms with Gasteiger partial charge in [-0.2, -0.15) is 0 Å². The van der Waals surface area contributed by atoms with Crippen LogP contribution >= 0.6 is 0 Å². The van der Waals surface area contributed by atoms with E-state index in [4.69, 9.17) is 0 Å². The summed E-state index contributed by atoms with van der Waals surface area (Å²) in [5.74, 6) is 6.21. The average Bonchev–Trinajstić information content (AvgIpc) is 2.72. The molecular formula is C13H17NO2. The molecule has 2 unspecified atom stereocenters. The van der Waals surface area contributed by atoms with Crippen molar-refractivity contribution in [3.63, 3.8) is 0 Å². The third kappa shape index (κ3) is 1.73. The van der Waals surface area contributed by atoms with Crippen LogP contribution in [0.5, 0.6) is 0 Å². The Hall–Kier alpha value is -1.30. The van der Waals surface area contributed by atoms with Crippen molar-refractivity contribution in [3.8, 4) is 11.8 Å². The SMILES string of the molecule is CC#CCCN1C(=O)C2CC(C)CC2C1=O. The summed E-state index contributed by atoms with van der Waals surface area (Å²) in [5, 5.41) is 0. The van der Waals surface area contributed by atoms with Gasteiger partial charge in [0.1, 0.15) is 0 Å². The van der Waals surface area contributed by atoms with Gasteiger partial charge in [0.25, 0.3) is 0 Å². The monoisotopic (exact) mass is 219 g/mol. The first-order valence-corrected chi connectivity index (χ1v) is 5.90. The topological polar surface area (TPSA) is 37.4 Å². The molecule has 0 aromatic rings. The van der Waals surface area contributed by atoms with Crippen LogP contribution < -0.4 is 0 Å². The summed E-state index contributed by atoms with van der Waals surface area (Å²) in [4.78, 5) is 25.4. The molecule has 1 aliphatic heterocycles. The highest BCUT2D eigenvalue weighted by molar-refractivity contribution is 6.05. The predicted molar refractivity (Wildman–Crippen MR) is 60.2 cm³/mol. The minimum atomic E-state index is -0.0305. The maximum atomic E-state index is 12.0. The molecule has 0 aromatic carbocycles. The fraction of sp³-hybridized carbons (Fsp3) is 0.692. The van der Waals surface area contributed by atoms with Crippen molar-refractivity contribution in [2.24, 2.45) is 17.8 Å². The molecule has 2 fully saturated rings. The second kappa shape index (κ2) is 4.29. The molecule has 0 aromatic heterocycles. The van der Waals surface area contributed by atoms with E-state index in [1.54, 1.807) is 6.92 Å². The van der Waals surface area contributed by atoms with Crippen LogP contribution in [0.2, 0.25) is 0 Å². The van der Waals surface area contributed by atoms with E-state index in [1.807, 2.05) is 0 Å². The molecule has 3 nitrogen and oxygen atoms in total. The van der Waals surface area contributed by atoms with Crippen LogP contribution in [0, 0.1) is 29.6 Å². The Morgan fingerprint density at radius 2 is 1.81 bits per heavy atom. The molecule has 1 saturated carbocycles. The largest absolute Gasteiger partial charge is 0.281 e. The van der Waals surface area contributed by atoms with Crippen LogP contribution in [-0.2, 0) is 9.59 Å². The van der Waals surface area contributed by atoms with Crippen molar-refractivity contribution < 1.29 is 9.59 Å². The third-order valence-corrected chi connectivity index (χ3v) is 3.60. The molecular weight excluding hydrogens is 202 g/mol. The van der Waals surface area contributed by atoms with E-state index >= 15 is 0 Å². The maximum Gasteiger partial charge on any atom is 0.233 e. The van der Waals surface area contributed by atoms with Crippen LogP contribution in [0.25, 0.3) is 0 Å². The molecule has 1 aliphatic carbocycles. The first-order chi connectivity index (χ1) is 7.65. The van der Waals surface area contributed by atoms with Gasteiger partial charge in [0.15, 0.2) is 0 Å². The van der Waals surface area contributed by atoms with Crippen molar-refractivity contribution in [1.29, 1.82) is 0 Å². The Kier molecular flexibility index (Phi) is 3.00. The smallest absolute Gasteiger partial charge is 0.233 e. The van der Waals surface area contributed by atoms with E-state index in [9.17, 15) is 9.59 Å². The first-order valence-electron chi connectivity index (χ1n) is 5.90. The van der Waals surface area contributed by atoms with Gasteiger partial charge in [-0.1, -0.05) is 6.92 Å². The molecule has 86 valence electrons. The van der Waals surface area contributed by atoms with Crippen molar-refractivity contribution in [2.75, 3.05) is 6.54 Å². The molecule has 0 N–H and O–H groups in total. The lowest BCUT2D eigenvalue weighted by molar-refractivity contribution is -0.140. The second-order valence-corrected chi connectivity index (χ2v) is 4.79. The van der Waals surface area contributed by atoms with E-state index in [0.717, 1.165) is 12.8 Å². The molecule has 16 heavy (non-hydrogen) atoms. The second-order valence-electron chi connectivity index (χ2n) is 4.79. The van der Waals surface area contributed by atoms with Gasteiger partial charge in [0.05, 0.1) is 11.8 Å². The molecule has 1 heterocycles. The Labute approximate surface area is 96.2 Å². The zero-order valence-electron chi connectivity index (χ0n) is 9.82. The summed E-state index contributed by atoms with van der Waals surface area (Å²) in [6, 6.07) is 0. The molecule has 2 aliphatic rings. The van der Waals surface area contributed by atoms with Crippen LogP contribution in [0.15, 0.2) is 0 Å². The van der Waals surface area contributed by atoms with Gasteiger partial charge in [-0.15, -0.1) is 11.8 Å². The fourth-order valence-corrected chi connectivity index (χ4v) is 2.86. The fourth-order valence-electron chi connectivity index (χ4n) is 2.86. The summed E-state index contributed by atoms with van der Waals surface area (Å²) in [6.45, 7) is 4.36. The van der Waals surface area contributed by atoms with E-state index in [2.05, 4.69) is 18.8 Å². The third-order valence-electron chi connectivity index (χ3n) is 3.60. The highest BCUT2D eigenvalue weighted by Crippen LogP contribution is 2.42. The van der Waals surface area contributed by atoms with Crippen molar-refractivity contribution in [1.82, 2.24) is 4.90 Å². The summed E-state index contributed by atoms with van der Waals surface area (Å²) in [5.41, 5.74) is 0. The van der Waals surface area contributed by atoms with Crippen molar-refractivity contribution >= 4 is 11.8 Å². The maximum absolute atomic E-state index is 12.0.